The Kier molecular flexibility index (Phi) is 3.10. The fourth-order valence-corrected chi connectivity index (χ4v) is 2.32. The summed E-state index contributed by atoms with van der Waals surface area (Å²) in [5.41, 5.74) is 1.00. The lowest BCUT2D eigenvalue weighted by molar-refractivity contribution is -0.139. The maximum atomic E-state index is 12.3. The van der Waals surface area contributed by atoms with Crippen molar-refractivity contribution in [3.8, 4) is 0 Å². The molecule has 1 atom stereocenters. The molecule has 1 aliphatic carbocycles. The Morgan fingerprint density at radius 2 is 2.00 bits per heavy atom. The fraction of sp³-hybridized carbons (Fsp3) is 0.267. The minimum Gasteiger partial charge on any atom is -0.480 e. The molecule has 1 unspecified atom stereocenters. The van der Waals surface area contributed by atoms with E-state index in [0.29, 0.717) is 11.1 Å². The van der Waals surface area contributed by atoms with Gasteiger partial charge in [-0.2, -0.15) is 0 Å². The molecule has 1 aliphatic rings. The first kappa shape index (κ1) is 12.6. The lowest BCUT2D eigenvalue weighted by Gasteiger charge is -2.14. The van der Waals surface area contributed by atoms with Gasteiger partial charge >= 0.3 is 5.97 Å². The molecule has 1 fully saturated rings. The number of amides is 1. The van der Waals surface area contributed by atoms with E-state index >= 15 is 0 Å². The average Bonchev–Trinajstić information content (AvgIpc) is 3.28. The largest absolute Gasteiger partial charge is 0.480 e. The molecule has 5 nitrogen and oxygen atoms in total. The number of carboxylic acids is 1. The second-order valence-electron chi connectivity index (χ2n) is 5.01. The van der Waals surface area contributed by atoms with E-state index in [0.717, 1.165) is 18.2 Å². The molecular weight excluding hydrogens is 256 g/mol. The van der Waals surface area contributed by atoms with Crippen LogP contribution in [0.3, 0.4) is 0 Å². The number of aliphatic carboxylic acids is 1. The van der Waals surface area contributed by atoms with Gasteiger partial charge in [0.05, 0.1) is 11.1 Å². The Morgan fingerprint density at radius 1 is 1.25 bits per heavy atom. The minimum atomic E-state index is -0.978. The van der Waals surface area contributed by atoms with Gasteiger partial charge in [0.1, 0.15) is 6.04 Å². The van der Waals surface area contributed by atoms with E-state index in [4.69, 9.17) is 5.11 Å². The molecule has 0 spiro atoms. The Balaban J connectivity index is 1.90. The molecule has 0 saturated heterocycles. The third-order valence-corrected chi connectivity index (χ3v) is 3.52. The van der Waals surface area contributed by atoms with Crippen molar-refractivity contribution in [2.24, 2.45) is 5.92 Å². The van der Waals surface area contributed by atoms with Gasteiger partial charge < -0.3 is 10.4 Å². The van der Waals surface area contributed by atoms with E-state index in [1.165, 1.54) is 0 Å². The number of carbonyl (C=O) groups is 2. The average molecular weight is 270 g/mol. The highest BCUT2D eigenvalue weighted by molar-refractivity contribution is 6.06. The molecule has 102 valence electrons. The van der Waals surface area contributed by atoms with Crippen LogP contribution in [-0.4, -0.2) is 28.0 Å². The molecule has 0 bridgehead atoms. The van der Waals surface area contributed by atoms with E-state index in [-0.39, 0.29) is 11.8 Å². The van der Waals surface area contributed by atoms with Crippen LogP contribution in [-0.2, 0) is 4.79 Å². The quantitative estimate of drug-likeness (QED) is 0.888. The Bertz CT molecular complexity index is 674. The lowest BCUT2D eigenvalue weighted by Crippen LogP contribution is -2.42. The zero-order chi connectivity index (χ0) is 14.1. The fourth-order valence-electron chi connectivity index (χ4n) is 2.32. The normalized spacial score (nSPS) is 15.8. The van der Waals surface area contributed by atoms with Crippen LogP contribution < -0.4 is 5.32 Å². The number of hydrogen-bond donors (Lipinski definition) is 2. The number of fused-ring (bicyclic) bond motifs is 1. The molecule has 1 aromatic carbocycles. The first-order chi connectivity index (χ1) is 9.66. The number of nitrogens with one attached hydrogen (secondary N) is 1. The number of benzene rings is 1. The Hall–Kier alpha value is -2.43. The van der Waals surface area contributed by atoms with Crippen molar-refractivity contribution in [2.75, 3.05) is 0 Å². The van der Waals surface area contributed by atoms with Crippen molar-refractivity contribution in [1.29, 1.82) is 0 Å². The smallest absolute Gasteiger partial charge is 0.326 e. The summed E-state index contributed by atoms with van der Waals surface area (Å²) in [4.78, 5) is 27.7. The highest BCUT2D eigenvalue weighted by Gasteiger charge is 2.37. The standard InChI is InChI=1S/C15H14N2O3/c18-14(17-13(15(19)20)10-6-7-10)11-5-1-3-9-4-2-8-16-12(9)11/h1-5,8,10,13H,6-7H2,(H,17,18)(H,19,20). The molecule has 20 heavy (non-hydrogen) atoms. The van der Waals surface area contributed by atoms with E-state index in [2.05, 4.69) is 10.3 Å². The molecule has 1 aromatic heterocycles. The maximum absolute atomic E-state index is 12.3. The van der Waals surface area contributed by atoms with Crippen molar-refractivity contribution >= 4 is 22.8 Å². The number of carboxylic acid groups (broad SMARTS) is 1. The molecule has 1 heterocycles. The van der Waals surface area contributed by atoms with Gasteiger partial charge in [0, 0.05) is 11.6 Å². The molecule has 2 aromatic rings. The summed E-state index contributed by atoms with van der Waals surface area (Å²) in [6.45, 7) is 0. The topological polar surface area (TPSA) is 79.3 Å². The highest BCUT2D eigenvalue weighted by atomic mass is 16.4. The number of pyridine rings is 1. The summed E-state index contributed by atoms with van der Waals surface area (Å²) in [5, 5.41) is 12.6. The van der Waals surface area contributed by atoms with Crippen LogP contribution in [0.2, 0.25) is 0 Å². The monoisotopic (exact) mass is 270 g/mol. The van der Waals surface area contributed by atoms with Crippen LogP contribution in [0, 0.1) is 5.92 Å². The minimum absolute atomic E-state index is 0.0550. The second-order valence-corrected chi connectivity index (χ2v) is 5.01. The molecule has 5 heteroatoms. The predicted molar refractivity (Wildman–Crippen MR) is 73.4 cm³/mol. The summed E-state index contributed by atoms with van der Waals surface area (Å²) in [6, 6.07) is 8.17. The van der Waals surface area contributed by atoms with Crippen LogP contribution in [0.25, 0.3) is 10.9 Å². The number of carbonyl (C=O) groups excluding carboxylic acids is 1. The van der Waals surface area contributed by atoms with Gasteiger partial charge in [-0.25, -0.2) is 4.79 Å². The van der Waals surface area contributed by atoms with E-state index < -0.39 is 12.0 Å². The van der Waals surface area contributed by atoms with Crippen molar-refractivity contribution in [2.45, 2.75) is 18.9 Å². The van der Waals surface area contributed by atoms with Gasteiger partial charge in [0.15, 0.2) is 0 Å². The zero-order valence-corrected chi connectivity index (χ0v) is 10.7. The van der Waals surface area contributed by atoms with Crippen LogP contribution in [0.5, 0.6) is 0 Å². The maximum Gasteiger partial charge on any atom is 0.326 e. The van der Waals surface area contributed by atoms with E-state index in [9.17, 15) is 9.59 Å². The van der Waals surface area contributed by atoms with Crippen LogP contribution in [0.1, 0.15) is 23.2 Å². The van der Waals surface area contributed by atoms with Crippen LogP contribution >= 0.6 is 0 Å². The van der Waals surface area contributed by atoms with E-state index in [1.807, 2.05) is 12.1 Å². The summed E-state index contributed by atoms with van der Waals surface area (Å²) in [6.07, 6.45) is 3.32. The van der Waals surface area contributed by atoms with Crippen molar-refractivity contribution < 1.29 is 14.7 Å². The first-order valence-corrected chi connectivity index (χ1v) is 6.54. The van der Waals surface area contributed by atoms with Crippen molar-refractivity contribution in [1.82, 2.24) is 10.3 Å². The molecular formula is C15H14N2O3. The lowest BCUT2D eigenvalue weighted by atomic mass is 10.1. The molecule has 0 aliphatic heterocycles. The molecule has 3 rings (SSSR count). The second kappa shape index (κ2) is 4.92. The molecule has 2 N–H and O–H groups in total. The molecule has 1 saturated carbocycles. The Morgan fingerprint density at radius 3 is 2.70 bits per heavy atom. The summed E-state index contributed by atoms with van der Waals surface area (Å²) in [7, 11) is 0. The summed E-state index contributed by atoms with van der Waals surface area (Å²) >= 11 is 0. The molecule has 0 radical (unpaired) electrons. The van der Waals surface area contributed by atoms with Gasteiger partial charge in [-0.05, 0) is 30.9 Å². The third kappa shape index (κ3) is 2.34. The van der Waals surface area contributed by atoms with Crippen molar-refractivity contribution in [3.63, 3.8) is 0 Å². The number of hydrogen-bond acceptors (Lipinski definition) is 3. The Labute approximate surface area is 115 Å². The number of rotatable bonds is 4. The number of aromatic nitrogens is 1. The van der Waals surface area contributed by atoms with Crippen molar-refractivity contribution in [3.05, 3.63) is 42.1 Å². The predicted octanol–water partition coefficient (Wildman–Crippen LogP) is 1.83. The van der Waals surface area contributed by atoms with Gasteiger partial charge in [0.25, 0.3) is 5.91 Å². The third-order valence-electron chi connectivity index (χ3n) is 3.52. The summed E-state index contributed by atoms with van der Waals surface area (Å²) < 4.78 is 0. The first-order valence-electron chi connectivity index (χ1n) is 6.54. The SMILES string of the molecule is O=C(NC(C(=O)O)C1CC1)c1cccc2cccnc12. The van der Waals surface area contributed by atoms with Gasteiger partial charge in [0.2, 0.25) is 0 Å². The highest BCUT2D eigenvalue weighted by Crippen LogP contribution is 2.33. The molecule has 1 amide bonds. The van der Waals surface area contributed by atoms with Gasteiger partial charge in [-0.1, -0.05) is 18.2 Å². The zero-order valence-electron chi connectivity index (χ0n) is 10.7. The van der Waals surface area contributed by atoms with Gasteiger partial charge in [-0.3, -0.25) is 9.78 Å². The van der Waals surface area contributed by atoms with Crippen LogP contribution in [0.15, 0.2) is 36.5 Å². The number of nitrogens with zero attached hydrogens (tertiary/aromatic N) is 1. The van der Waals surface area contributed by atoms with E-state index in [1.54, 1.807) is 24.4 Å². The summed E-state index contributed by atoms with van der Waals surface area (Å²) in [5.74, 6) is -1.30. The van der Waals surface area contributed by atoms with Gasteiger partial charge in [-0.15, -0.1) is 0 Å². The van der Waals surface area contributed by atoms with Crippen LogP contribution in [0.4, 0.5) is 0 Å². The number of para-hydroxylation sites is 1.